The average molecular weight is 920 g/mol. The molecule has 0 saturated carbocycles. The van der Waals surface area contributed by atoms with Crippen molar-refractivity contribution in [1.29, 1.82) is 0 Å². The van der Waals surface area contributed by atoms with Crippen molar-refractivity contribution in [3.05, 3.63) is 71.8 Å². The number of carbonyl (C=O) groups excluding carboxylic acids is 6. The number of methoxy groups -OCH3 is 2. The Bertz CT molecular complexity index is 1840. The summed E-state index contributed by atoms with van der Waals surface area (Å²) < 4.78 is 18.1. The number of carbonyl (C=O) groups is 6. The molecule has 1 aliphatic rings. The van der Waals surface area contributed by atoms with Gasteiger partial charge in [0.25, 0.3) is 0 Å². The van der Waals surface area contributed by atoms with Crippen molar-refractivity contribution in [2.45, 2.75) is 155 Å². The molecule has 14 nitrogen and oxygen atoms in total. The Hall–Kier alpha value is -4.66. The minimum absolute atomic E-state index is 0.00408. The molecule has 1 heterocycles. The van der Waals surface area contributed by atoms with Crippen molar-refractivity contribution in [3.63, 3.8) is 0 Å². The van der Waals surface area contributed by atoms with Crippen LogP contribution < -0.4 is 10.6 Å². The number of ether oxygens (including phenoxy) is 3. The summed E-state index contributed by atoms with van der Waals surface area (Å²) in [4.78, 5) is 87.4. The maximum Gasteiger partial charge on any atom is 0.306 e. The zero-order valence-corrected chi connectivity index (χ0v) is 42.1. The van der Waals surface area contributed by atoms with E-state index in [1.165, 1.54) is 0 Å². The van der Waals surface area contributed by atoms with Crippen LogP contribution in [0.5, 0.6) is 0 Å². The second-order valence-electron chi connectivity index (χ2n) is 19.1. The third-order valence-electron chi connectivity index (χ3n) is 13.3. The van der Waals surface area contributed by atoms with Crippen LogP contribution in [0.25, 0.3) is 0 Å². The average Bonchev–Trinajstić information content (AvgIpc) is 3.78. The molecule has 1 unspecified atom stereocenters. The highest BCUT2D eigenvalue weighted by atomic mass is 16.5. The number of Topliss-reactive ketones (excluding diaryl/α,β-unsaturated/α-hetero) is 1. The summed E-state index contributed by atoms with van der Waals surface area (Å²) in [5.74, 6) is -2.24. The number of ketones is 1. The number of nitrogens with one attached hydrogen (secondary N) is 2. The van der Waals surface area contributed by atoms with Gasteiger partial charge in [-0.25, -0.2) is 0 Å². The molecule has 2 aromatic rings. The molecule has 0 bridgehead atoms. The molecule has 2 aromatic carbocycles. The predicted octanol–water partition coefficient (Wildman–Crippen LogP) is 6.87. The van der Waals surface area contributed by atoms with Gasteiger partial charge in [-0.3, -0.25) is 33.7 Å². The SMILES string of the molecule is CC[C@H](C)[C@@H]([C@@H](CC(=O)N1CCC[C@H]1[C@H](OC)[C@@H](C)C(=O)N[C@H](C)C(OC(=O)CCCCC(=O)c1ccccc1)c1ccccc1)OC)N(C)C(=O)[C@@H](NC(=O)[C@H](C(C)C)N(C)C)C(C)C. The quantitative estimate of drug-likeness (QED) is 0.0550. The van der Waals surface area contributed by atoms with Crippen molar-refractivity contribution in [2.24, 2.45) is 23.7 Å². The molecule has 1 aliphatic heterocycles. The lowest BCUT2D eigenvalue weighted by atomic mass is 9.89. The van der Waals surface area contributed by atoms with E-state index in [0.717, 1.165) is 18.4 Å². The maximum atomic E-state index is 14.4. The summed E-state index contributed by atoms with van der Waals surface area (Å²) in [6, 6.07) is 15.7. The number of unbranched alkanes of at least 4 members (excludes halogenated alkanes) is 1. The molecule has 2 N–H and O–H groups in total. The number of esters is 1. The predicted molar refractivity (Wildman–Crippen MR) is 257 cm³/mol. The Morgan fingerprint density at radius 1 is 0.773 bits per heavy atom. The Morgan fingerprint density at radius 3 is 1.92 bits per heavy atom. The Balaban J connectivity index is 1.72. The van der Waals surface area contributed by atoms with Crippen LogP contribution in [0.3, 0.4) is 0 Å². The summed E-state index contributed by atoms with van der Waals surface area (Å²) in [5, 5.41) is 6.12. The third-order valence-corrected chi connectivity index (χ3v) is 13.3. The molecular weight excluding hydrogens is 839 g/mol. The molecular formula is C52H81N5O9. The molecule has 1 saturated heterocycles. The van der Waals surface area contributed by atoms with E-state index in [2.05, 4.69) is 10.6 Å². The highest BCUT2D eigenvalue weighted by Crippen LogP contribution is 2.31. The Kier molecular flexibility index (Phi) is 23.0. The number of likely N-dealkylation sites (N-methyl/N-ethyl adjacent to an activating group) is 2. The fraction of sp³-hybridized carbons (Fsp3) is 0.654. The van der Waals surface area contributed by atoms with Crippen LogP contribution in [-0.2, 0) is 38.2 Å². The van der Waals surface area contributed by atoms with E-state index in [9.17, 15) is 28.8 Å². The standard InChI is InChI=1S/C52H81N5O9/c1-14-35(6)47(56(11)52(63)45(33(2)3)54-51(62)46(34(4)5)55(9)10)42(64-12)32-43(59)57-31-23-28-40(57)48(65-13)36(7)50(61)53-37(8)49(39-26-19-16-20-27-39)66-44(60)30-22-21-29-41(58)38-24-17-15-18-25-38/h15-20,24-27,33-37,40,42,45-49H,14,21-23,28-32H2,1-13H3,(H,53,61)(H,54,62)/t35-,36+,37+,40-,42+,45-,46-,47-,48+,49?/m0/s1. The second-order valence-corrected chi connectivity index (χ2v) is 19.1. The molecule has 0 aliphatic carbocycles. The molecule has 368 valence electrons. The largest absolute Gasteiger partial charge is 0.455 e. The van der Waals surface area contributed by atoms with E-state index in [-0.39, 0.29) is 60.0 Å². The van der Waals surface area contributed by atoms with Crippen molar-refractivity contribution < 1.29 is 43.0 Å². The number of hydrogen-bond acceptors (Lipinski definition) is 10. The van der Waals surface area contributed by atoms with Gasteiger partial charge in [0.15, 0.2) is 5.78 Å². The minimum atomic E-state index is -0.785. The number of nitrogens with zero attached hydrogens (tertiary/aromatic N) is 3. The van der Waals surface area contributed by atoms with E-state index in [1.807, 2.05) is 109 Å². The van der Waals surface area contributed by atoms with Gasteiger partial charge in [0, 0.05) is 46.2 Å². The van der Waals surface area contributed by atoms with Gasteiger partial charge in [-0.05, 0) is 70.0 Å². The van der Waals surface area contributed by atoms with Gasteiger partial charge in [-0.15, -0.1) is 0 Å². The summed E-state index contributed by atoms with van der Waals surface area (Å²) in [6.45, 7) is 15.9. The first-order valence-corrected chi connectivity index (χ1v) is 24.0. The normalized spacial score (nSPS) is 18.1. The van der Waals surface area contributed by atoms with Crippen LogP contribution in [-0.4, -0.2) is 134 Å². The van der Waals surface area contributed by atoms with Crippen LogP contribution >= 0.6 is 0 Å². The number of hydrogen-bond donors (Lipinski definition) is 2. The van der Waals surface area contributed by atoms with E-state index in [0.29, 0.717) is 37.8 Å². The lowest BCUT2D eigenvalue weighted by molar-refractivity contribution is -0.152. The smallest absolute Gasteiger partial charge is 0.306 e. The first-order chi connectivity index (χ1) is 31.3. The van der Waals surface area contributed by atoms with Gasteiger partial charge in [0.05, 0.1) is 48.7 Å². The topological polar surface area (TPSA) is 164 Å². The van der Waals surface area contributed by atoms with Crippen LogP contribution in [0.1, 0.15) is 129 Å². The fourth-order valence-corrected chi connectivity index (χ4v) is 9.47. The first-order valence-electron chi connectivity index (χ1n) is 24.0. The molecule has 0 aromatic heterocycles. The third kappa shape index (κ3) is 15.4. The first kappa shape index (κ1) is 55.7. The molecule has 0 spiro atoms. The fourth-order valence-electron chi connectivity index (χ4n) is 9.47. The van der Waals surface area contributed by atoms with Gasteiger partial charge in [-0.1, -0.05) is 116 Å². The zero-order valence-electron chi connectivity index (χ0n) is 42.1. The van der Waals surface area contributed by atoms with Gasteiger partial charge in [-0.2, -0.15) is 0 Å². The maximum absolute atomic E-state index is 14.4. The van der Waals surface area contributed by atoms with Crippen molar-refractivity contribution in [2.75, 3.05) is 41.9 Å². The van der Waals surface area contributed by atoms with E-state index in [4.69, 9.17) is 14.2 Å². The van der Waals surface area contributed by atoms with Gasteiger partial charge >= 0.3 is 5.97 Å². The monoisotopic (exact) mass is 920 g/mol. The van der Waals surface area contributed by atoms with Crippen LogP contribution in [0, 0.1) is 23.7 Å². The lowest BCUT2D eigenvalue weighted by Crippen LogP contribution is -2.59. The molecule has 4 amide bonds. The molecule has 0 radical (unpaired) electrons. The molecule has 66 heavy (non-hydrogen) atoms. The summed E-state index contributed by atoms with van der Waals surface area (Å²) in [7, 11) is 8.53. The Morgan fingerprint density at radius 2 is 1.38 bits per heavy atom. The molecule has 14 heteroatoms. The van der Waals surface area contributed by atoms with Crippen LogP contribution in [0.4, 0.5) is 0 Å². The van der Waals surface area contributed by atoms with Gasteiger partial charge in [0.2, 0.25) is 23.6 Å². The number of amides is 4. The lowest BCUT2D eigenvalue weighted by Gasteiger charge is -2.41. The Labute approximate surface area is 395 Å². The van der Waals surface area contributed by atoms with Gasteiger partial charge in [0.1, 0.15) is 12.1 Å². The summed E-state index contributed by atoms with van der Waals surface area (Å²) >= 11 is 0. The van der Waals surface area contributed by atoms with E-state index >= 15 is 0 Å². The number of benzene rings is 2. The highest BCUT2D eigenvalue weighted by Gasteiger charge is 2.43. The highest BCUT2D eigenvalue weighted by molar-refractivity contribution is 5.96. The number of likely N-dealkylation sites (tertiary alicyclic amines) is 1. The van der Waals surface area contributed by atoms with Gasteiger partial charge < -0.3 is 34.6 Å². The van der Waals surface area contributed by atoms with Crippen molar-refractivity contribution >= 4 is 35.4 Å². The summed E-state index contributed by atoms with van der Waals surface area (Å²) in [6.07, 6.45) is 1.46. The summed E-state index contributed by atoms with van der Waals surface area (Å²) in [5.41, 5.74) is 1.38. The zero-order chi connectivity index (χ0) is 49.2. The second kappa shape index (κ2) is 27.2. The van der Waals surface area contributed by atoms with Crippen molar-refractivity contribution in [3.8, 4) is 0 Å². The van der Waals surface area contributed by atoms with E-state index < -0.39 is 60.4 Å². The molecule has 10 atom stereocenters. The van der Waals surface area contributed by atoms with Crippen LogP contribution in [0.15, 0.2) is 60.7 Å². The molecule has 3 rings (SSSR count). The van der Waals surface area contributed by atoms with Crippen LogP contribution in [0.2, 0.25) is 0 Å². The van der Waals surface area contributed by atoms with E-state index in [1.54, 1.807) is 57.0 Å². The minimum Gasteiger partial charge on any atom is -0.455 e. The number of rotatable bonds is 27. The van der Waals surface area contributed by atoms with Crippen molar-refractivity contribution in [1.82, 2.24) is 25.3 Å². The molecule has 1 fully saturated rings.